The van der Waals surface area contributed by atoms with Crippen molar-refractivity contribution in [2.24, 2.45) is 0 Å². The lowest BCUT2D eigenvalue weighted by molar-refractivity contribution is -0.121. The Bertz CT molecular complexity index is 654. The van der Waals surface area contributed by atoms with Gasteiger partial charge in [-0.15, -0.1) is 6.42 Å². The molecule has 1 N–H and O–H groups in total. The van der Waals surface area contributed by atoms with E-state index in [1.807, 2.05) is 22.8 Å². The van der Waals surface area contributed by atoms with Crippen molar-refractivity contribution in [3.8, 4) is 12.3 Å². The van der Waals surface area contributed by atoms with Gasteiger partial charge in [-0.25, -0.2) is 0 Å². The van der Waals surface area contributed by atoms with Crippen molar-refractivity contribution in [2.75, 3.05) is 39.3 Å². The molecule has 1 aromatic carbocycles. The quantitative estimate of drug-likeness (QED) is 0.841. The summed E-state index contributed by atoms with van der Waals surface area (Å²) in [5.74, 6) is 2.28. The Kier molecular flexibility index (Phi) is 6.65. The van der Waals surface area contributed by atoms with Crippen molar-refractivity contribution in [1.82, 2.24) is 15.1 Å². The number of terminal acetylenes is 1. The standard InChI is InChI=1S/C18H22ClN3O2/c1-3-7-20-17(23)13-21-8-4-9-22(11-10-21)18(24)15-6-5-14(2)16(19)12-15/h1,5-6,12H,4,7-11,13H2,2H3,(H,20,23). The van der Waals surface area contributed by atoms with Gasteiger partial charge in [0.05, 0.1) is 13.1 Å². The third-order valence-electron chi connectivity index (χ3n) is 4.05. The summed E-state index contributed by atoms with van der Waals surface area (Å²) < 4.78 is 0. The summed E-state index contributed by atoms with van der Waals surface area (Å²) in [6.07, 6.45) is 5.96. The topological polar surface area (TPSA) is 52.7 Å². The maximum atomic E-state index is 12.6. The number of aryl methyl sites for hydroxylation is 1. The fourth-order valence-electron chi connectivity index (χ4n) is 2.65. The smallest absolute Gasteiger partial charge is 0.253 e. The van der Waals surface area contributed by atoms with Crippen LogP contribution in [0.3, 0.4) is 0 Å². The Hall–Kier alpha value is -2.03. The molecular weight excluding hydrogens is 326 g/mol. The zero-order valence-corrected chi connectivity index (χ0v) is 14.6. The molecular formula is C18H22ClN3O2. The summed E-state index contributed by atoms with van der Waals surface area (Å²) in [4.78, 5) is 28.2. The van der Waals surface area contributed by atoms with Gasteiger partial charge in [0.25, 0.3) is 5.91 Å². The van der Waals surface area contributed by atoms with Crippen LogP contribution in [0.15, 0.2) is 18.2 Å². The van der Waals surface area contributed by atoms with E-state index in [0.717, 1.165) is 18.5 Å². The average Bonchev–Trinajstić information content (AvgIpc) is 2.80. The molecule has 2 amide bonds. The summed E-state index contributed by atoms with van der Waals surface area (Å²) in [6, 6.07) is 5.38. The summed E-state index contributed by atoms with van der Waals surface area (Å²) in [5, 5.41) is 3.26. The Morgan fingerprint density at radius 3 is 2.79 bits per heavy atom. The second-order valence-electron chi connectivity index (χ2n) is 5.87. The fraction of sp³-hybridized carbons (Fsp3) is 0.444. The highest BCUT2D eigenvalue weighted by Crippen LogP contribution is 2.18. The minimum atomic E-state index is -0.0851. The van der Waals surface area contributed by atoms with E-state index >= 15 is 0 Å². The van der Waals surface area contributed by atoms with Crippen LogP contribution in [0.5, 0.6) is 0 Å². The normalized spacial score (nSPS) is 15.5. The van der Waals surface area contributed by atoms with Crippen molar-refractivity contribution in [1.29, 1.82) is 0 Å². The zero-order valence-electron chi connectivity index (χ0n) is 13.8. The number of carbonyl (C=O) groups excluding carboxylic acids is 2. The number of hydrogen-bond acceptors (Lipinski definition) is 3. The summed E-state index contributed by atoms with van der Waals surface area (Å²) in [6.45, 7) is 5.16. The number of carbonyl (C=O) groups is 2. The second-order valence-corrected chi connectivity index (χ2v) is 6.27. The highest BCUT2D eigenvalue weighted by Gasteiger charge is 2.21. The van der Waals surface area contributed by atoms with Gasteiger partial charge in [-0.2, -0.15) is 0 Å². The van der Waals surface area contributed by atoms with Gasteiger partial charge in [-0.05, 0) is 31.0 Å². The number of halogens is 1. The lowest BCUT2D eigenvalue weighted by atomic mass is 10.1. The Morgan fingerprint density at radius 2 is 2.08 bits per heavy atom. The molecule has 0 atom stereocenters. The van der Waals surface area contributed by atoms with E-state index < -0.39 is 0 Å². The number of hydrogen-bond donors (Lipinski definition) is 1. The molecule has 1 aromatic rings. The molecule has 6 heteroatoms. The van der Waals surface area contributed by atoms with Crippen LogP contribution < -0.4 is 5.32 Å². The van der Waals surface area contributed by atoms with E-state index in [-0.39, 0.29) is 18.4 Å². The van der Waals surface area contributed by atoms with E-state index in [2.05, 4.69) is 11.2 Å². The van der Waals surface area contributed by atoms with Gasteiger partial charge in [-0.1, -0.05) is 23.6 Å². The van der Waals surface area contributed by atoms with E-state index in [1.54, 1.807) is 12.1 Å². The number of nitrogens with one attached hydrogen (secondary N) is 1. The molecule has 0 spiro atoms. The fourth-order valence-corrected chi connectivity index (χ4v) is 2.83. The van der Waals surface area contributed by atoms with Crippen molar-refractivity contribution >= 4 is 23.4 Å². The molecule has 0 unspecified atom stereocenters. The molecule has 1 fully saturated rings. The van der Waals surface area contributed by atoms with Gasteiger partial charge in [0.15, 0.2) is 0 Å². The third-order valence-corrected chi connectivity index (χ3v) is 4.46. The molecule has 1 saturated heterocycles. The summed E-state index contributed by atoms with van der Waals surface area (Å²) >= 11 is 6.11. The van der Waals surface area contributed by atoms with Crippen LogP contribution >= 0.6 is 11.6 Å². The van der Waals surface area contributed by atoms with E-state index in [0.29, 0.717) is 36.8 Å². The number of benzene rings is 1. The molecule has 0 aliphatic carbocycles. The van der Waals surface area contributed by atoms with Crippen molar-refractivity contribution in [3.63, 3.8) is 0 Å². The molecule has 0 saturated carbocycles. The van der Waals surface area contributed by atoms with Gasteiger partial charge in [0.1, 0.15) is 0 Å². The van der Waals surface area contributed by atoms with Crippen molar-refractivity contribution in [3.05, 3.63) is 34.3 Å². The van der Waals surface area contributed by atoms with Gasteiger partial charge in [-0.3, -0.25) is 14.5 Å². The molecule has 24 heavy (non-hydrogen) atoms. The lowest BCUT2D eigenvalue weighted by Crippen LogP contribution is -2.40. The van der Waals surface area contributed by atoms with Crippen molar-refractivity contribution < 1.29 is 9.59 Å². The minimum absolute atomic E-state index is 0.0180. The highest BCUT2D eigenvalue weighted by atomic mass is 35.5. The number of nitrogens with zero attached hydrogens (tertiary/aromatic N) is 2. The van der Waals surface area contributed by atoms with Gasteiger partial charge >= 0.3 is 0 Å². The lowest BCUT2D eigenvalue weighted by Gasteiger charge is -2.22. The Labute approximate surface area is 147 Å². The second kappa shape index (κ2) is 8.72. The third kappa shape index (κ3) is 4.98. The largest absolute Gasteiger partial charge is 0.344 e. The highest BCUT2D eigenvalue weighted by molar-refractivity contribution is 6.31. The molecule has 2 rings (SSSR count). The number of amides is 2. The molecule has 128 valence electrons. The van der Waals surface area contributed by atoms with Crippen LogP contribution in [-0.4, -0.2) is 60.9 Å². The Morgan fingerprint density at radius 1 is 1.29 bits per heavy atom. The molecule has 5 nitrogen and oxygen atoms in total. The maximum absolute atomic E-state index is 12.6. The monoisotopic (exact) mass is 347 g/mol. The summed E-state index contributed by atoms with van der Waals surface area (Å²) in [7, 11) is 0. The zero-order chi connectivity index (χ0) is 17.5. The first-order chi connectivity index (χ1) is 11.5. The van der Waals surface area contributed by atoms with Crippen LogP contribution in [0.1, 0.15) is 22.3 Å². The van der Waals surface area contributed by atoms with Crippen LogP contribution in [0.2, 0.25) is 5.02 Å². The average molecular weight is 348 g/mol. The molecule has 0 aromatic heterocycles. The first-order valence-electron chi connectivity index (χ1n) is 7.99. The van der Waals surface area contributed by atoms with Crippen LogP contribution in [-0.2, 0) is 4.79 Å². The molecule has 0 radical (unpaired) electrons. The van der Waals surface area contributed by atoms with Crippen LogP contribution in [0.4, 0.5) is 0 Å². The predicted octanol–water partition coefficient (Wildman–Crippen LogP) is 1.55. The van der Waals surface area contributed by atoms with E-state index in [4.69, 9.17) is 18.0 Å². The maximum Gasteiger partial charge on any atom is 0.253 e. The van der Waals surface area contributed by atoms with Gasteiger partial charge in [0, 0.05) is 36.8 Å². The van der Waals surface area contributed by atoms with Crippen LogP contribution in [0.25, 0.3) is 0 Å². The summed E-state index contributed by atoms with van der Waals surface area (Å²) in [5.41, 5.74) is 1.55. The van der Waals surface area contributed by atoms with Crippen LogP contribution in [0, 0.1) is 19.3 Å². The van der Waals surface area contributed by atoms with Crippen molar-refractivity contribution in [2.45, 2.75) is 13.3 Å². The Balaban J connectivity index is 1.92. The number of rotatable bonds is 4. The molecule has 1 aliphatic heterocycles. The van der Waals surface area contributed by atoms with Gasteiger partial charge in [0.2, 0.25) is 5.91 Å². The SMILES string of the molecule is C#CCNC(=O)CN1CCCN(C(=O)c2ccc(C)c(Cl)c2)CC1. The molecule has 1 heterocycles. The first kappa shape index (κ1) is 18.3. The molecule has 1 aliphatic rings. The molecule has 0 bridgehead atoms. The van der Waals surface area contributed by atoms with E-state index in [1.165, 1.54) is 0 Å². The minimum Gasteiger partial charge on any atom is -0.344 e. The predicted molar refractivity (Wildman–Crippen MR) is 95.0 cm³/mol. The van der Waals surface area contributed by atoms with E-state index in [9.17, 15) is 9.59 Å². The first-order valence-corrected chi connectivity index (χ1v) is 8.37. The van der Waals surface area contributed by atoms with Gasteiger partial charge < -0.3 is 10.2 Å².